The number of thiophene rings is 1. The fourth-order valence-electron chi connectivity index (χ4n) is 2.13. The van der Waals surface area contributed by atoms with Gasteiger partial charge in [0.15, 0.2) is 6.73 Å². The number of hydrogen-bond acceptors (Lipinski definition) is 6. The number of nitrogens with zero attached hydrogens (tertiary/aromatic N) is 3. The first kappa shape index (κ1) is 22.6. The van der Waals surface area contributed by atoms with Gasteiger partial charge in [0.2, 0.25) is 0 Å². The molecule has 2 atom stereocenters. The van der Waals surface area contributed by atoms with E-state index in [1.54, 1.807) is 22.3 Å². The highest BCUT2D eigenvalue weighted by Gasteiger charge is 2.28. The Morgan fingerprint density at radius 2 is 2.07 bits per heavy atom. The van der Waals surface area contributed by atoms with E-state index in [4.69, 9.17) is 4.74 Å². The van der Waals surface area contributed by atoms with Crippen molar-refractivity contribution in [2.45, 2.75) is 70.9 Å². The predicted octanol–water partition coefficient (Wildman–Crippen LogP) is 4.43. The summed E-state index contributed by atoms with van der Waals surface area (Å²) < 4.78 is 20.9. The molecule has 0 radical (unpaired) electrons. The highest BCUT2D eigenvalue weighted by atomic mass is 32.2. The number of ether oxygens (including phenoxy) is 1. The van der Waals surface area contributed by atoms with Crippen LogP contribution in [0.25, 0.3) is 11.3 Å². The van der Waals surface area contributed by atoms with Gasteiger partial charge < -0.3 is 9.29 Å². The van der Waals surface area contributed by atoms with E-state index in [1.165, 1.54) is 0 Å². The first-order valence-electron chi connectivity index (χ1n) is 9.20. The third-order valence-corrected chi connectivity index (χ3v) is 8.42. The molecule has 0 aliphatic rings. The first-order chi connectivity index (χ1) is 12.5. The SMILES string of the molecule is CC(N[S+]([O-])C(C)(C)C)c1cc(-c2cnn(COCC[Si](C)(C)C)n2)cs1. The van der Waals surface area contributed by atoms with E-state index in [0.717, 1.165) is 28.8 Å². The molecule has 0 saturated carbocycles. The van der Waals surface area contributed by atoms with E-state index in [2.05, 4.69) is 46.0 Å². The van der Waals surface area contributed by atoms with Crippen LogP contribution in [0.4, 0.5) is 0 Å². The lowest BCUT2D eigenvalue weighted by atomic mass is 10.2. The Morgan fingerprint density at radius 3 is 2.70 bits per heavy atom. The van der Waals surface area contributed by atoms with E-state index >= 15 is 0 Å². The molecule has 0 spiro atoms. The predicted molar refractivity (Wildman–Crippen MR) is 117 cm³/mol. The first-order valence-corrected chi connectivity index (χ1v) is 14.9. The van der Waals surface area contributed by atoms with E-state index in [9.17, 15) is 4.55 Å². The highest BCUT2D eigenvalue weighted by Crippen LogP contribution is 2.29. The van der Waals surface area contributed by atoms with Crippen molar-refractivity contribution >= 4 is 30.8 Å². The van der Waals surface area contributed by atoms with Gasteiger partial charge in [-0.15, -0.1) is 16.1 Å². The molecule has 9 heteroatoms. The minimum absolute atomic E-state index is 0.0174. The summed E-state index contributed by atoms with van der Waals surface area (Å²) >= 11 is 0.538. The maximum absolute atomic E-state index is 12.3. The van der Waals surface area contributed by atoms with Crippen LogP contribution in [0.3, 0.4) is 0 Å². The second kappa shape index (κ2) is 9.19. The lowest BCUT2D eigenvalue weighted by Crippen LogP contribution is -2.40. The van der Waals surface area contributed by atoms with Crippen LogP contribution in [-0.2, 0) is 22.8 Å². The molecule has 0 fully saturated rings. The van der Waals surface area contributed by atoms with Crippen LogP contribution in [0.1, 0.15) is 38.6 Å². The maximum Gasteiger partial charge on any atom is 0.158 e. The quantitative estimate of drug-likeness (QED) is 0.363. The Labute approximate surface area is 171 Å². The van der Waals surface area contributed by atoms with E-state index < -0.39 is 19.4 Å². The third kappa shape index (κ3) is 7.32. The van der Waals surface area contributed by atoms with Crippen molar-refractivity contribution in [2.75, 3.05) is 6.61 Å². The lowest BCUT2D eigenvalue weighted by Gasteiger charge is -2.26. The molecule has 2 rings (SSSR count). The topological polar surface area (TPSA) is 75.0 Å². The van der Waals surface area contributed by atoms with Crippen molar-refractivity contribution in [1.82, 2.24) is 19.7 Å². The van der Waals surface area contributed by atoms with Gasteiger partial charge in [-0.1, -0.05) is 19.6 Å². The molecule has 0 aliphatic heterocycles. The minimum Gasteiger partial charge on any atom is -0.598 e. The number of nitrogens with one attached hydrogen (secondary N) is 1. The lowest BCUT2D eigenvalue weighted by molar-refractivity contribution is 0.0686. The molecule has 6 nitrogen and oxygen atoms in total. The smallest absolute Gasteiger partial charge is 0.158 e. The third-order valence-electron chi connectivity index (χ3n) is 3.92. The summed E-state index contributed by atoms with van der Waals surface area (Å²) in [5.74, 6) is 0. The summed E-state index contributed by atoms with van der Waals surface area (Å²) in [6.45, 7) is 16.1. The van der Waals surface area contributed by atoms with Crippen LogP contribution in [0.15, 0.2) is 17.6 Å². The van der Waals surface area contributed by atoms with E-state index in [-0.39, 0.29) is 10.8 Å². The largest absolute Gasteiger partial charge is 0.598 e. The Kier molecular flexibility index (Phi) is 7.68. The van der Waals surface area contributed by atoms with Crippen molar-refractivity contribution in [2.24, 2.45) is 0 Å². The van der Waals surface area contributed by atoms with Gasteiger partial charge in [0.25, 0.3) is 0 Å². The molecular weight excluding hydrogens is 396 g/mol. The van der Waals surface area contributed by atoms with Gasteiger partial charge in [0, 0.05) is 41.9 Å². The zero-order valence-corrected chi connectivity index (χ0v) is 20.0. The van der Waals surface area contributed by atoms with Crippen LogP contribution >= 0.6 is 11.3 Å². The maximum atomic E-state index is 12.3. The second-order valence-electron chi connectivity index (χ2n) is 8.91. The Hall–Kier alpha value is -0.713. The van der Waals surface area contributed by atoms with E-state index in [1.807, 2.05) is 27.7 Å². The Bertz CT molecular complexity index is 722. The molecule has 27 heavy (non-hydrogen) atoms. The molecule has 2 aromatic heterocycles. The molecular formula is C18H32N4O2S2Si. The van der Waals surface area contributed by atoms with Crippen LogP contribution in [-0.4, -0.2) is 39.0 Å². The molecule has 152 valence electrons. The number of rotatable bonds is 9. The molecule has 0 aliphatic carbocycles. The van der Waals surface area contributed by atoms with Gasteiger partial charge in [-0.05, 0) is 39.8 Å². The fourth-order valence-corrected chi connectivity index (χ4v) is 4.67. The molecule has 0 bridgehead atoms. The normalized spacial score (nSPS) is 15.1. The summed E-state index contributed by atoms with van der Waals surface area (Å²) in [7, 11) is -1.08. The summed E-state index contributed by atoms with van der Waals surface area (Å²) in [5, 5.41) is 10.9. The van der Waals surface area contributed by atoms with E-state index in [0.29, 0.717) is 6.73 Å². The molecule has 2 aromatic rings. The molecule has 0 aromatic carbocycles. The molecule has 2 unspecified atom stereocenters. The van der Waals surface area contributed by atoms with Crippen molar-refractivity contribution in [1.29, 1.82) is 0 Å². The molecule has 1 N–H and O–H groups in total. The average Bonchev–Trinajstić information content (AvgIpc) is 3.18. The number of aromatic nitrogens is 3. The van der Waals surface area contributed by atoms with Crippen LogP contribution < -0.4 is 4.72 Å². The zero-order valence-electron chi connectivity index (χ0n) is 17.4. The van der Waals surface area contributed by atoms with Gasteiger partial charge in [-0.3, -0.25) is 0 Å². The van der Waals surface area contributed by atoms with Crippen LogP contribution in [0, 0.1) is 0 Å². The molecule has 2 heterocycles. The summed E-state index contributed by atoms with van der Waals surface area (Å²) in [6.07, 6.45) is 1.76. The second-order valence-corrected chi connectivity index (χ2v) is 17.5. The summed E-state index contributed by atoms with van der Waals surface area (Å²) in [5.41, 5.74) is 1.86. The average molecular weight is 429 g/mol. The van der Waals surface area contributed by atoms with Gasteiger partial charge in [0.05, 0.1) is 12.2 Å². The van der Waals surface area contributed by atoms with Crippen molar-refractivity contribution in [3.8, 4) is 11.3 Å². The van der Waals surface area contributed by atoms with Gasteiger partial charge >= 0.3 is 0 Å². The van der Waals surface area contributed by atoms with Crippen molar-refractivity contribution in [3.05, 3.63) is 22.5 Å². The van der Waals surface area contributed by atoms with Crippen molar-refractivity contribution < 1.29 is 9.29 Å². The monoisotopic (exact) mass is 428 g/mol. The Morgan fingerprint density at radius 1 is 1.37 bits per heavy atom. The minimum atomic E-state index is -1.10. The highest BCUT2D eigenvalue weighted by molar-refractivity contribution is 7.90. The molecule has 0 amide bonds. The fraction of sp³-hybridized carbons (Fsp3) is 0.667. The van der Waals surface area contributed by atoms with Crippen molar-refractivity contribution in [3.63, 3.8) is 0 Å². The van der Waals surface area contributed by atoms with Crippen LogP contribution in [0.2, 0.25) is 25.7 Å². The van der Waals surface area contributed by atoms with Gasteiger partial charge in [-0.25, -0.2) is 0 Å². The van der Waals surface area contributed by atoms with Gasteiger partial charge in [0.1, 0.15) is 10.4 Å². The summed E-state index contributed by atoms with van der Waals surface area (Å²) in [4.78, 5) is 2.72. The molecule has 0 saturated heterocycles. The van der Waals surface area contributed by atoms with Gasteiger partial charge in [-0.2, -0.15) is 15.0 Å². The Balaban J connectivity index is 1.92. The zero-order chi connectivity index (χ0) is 20.2. The number of hydrogen-bond donors (Lipinski definition) is 1. The standard InChI is InChI=1S/C18H32N4O2S2Si/c1-14(21-26(23)18(2,3)4)17-10-15(12-25-17)16-11-19-22(20-16)13-24-8-9-27(5,6)7/h10-12,14,21H,8-9,13H2,1-7H3. The van der Waals surface area contributed by atoms with Crippen LogP contribution in [0.5, 0.6) is 0 Å². The summed E-state index contributed by atoms with van der Waals surface area (Å²) in [6, 6.07) is 3.24.